The van der Waals surface area contributed by atoms with Crippen molar-refractivity contribution in [2.45, 2.75) is 13.8 Å². The van der Waals surface area contributed by atoms with Gasteiger partial charge in [-0.2, -0.15) is 0 Å². The summed E-state index contributed by atoms with van der Waals surface area (Å²) in [6.45, 7) is 3.34. The zero-order valence-electron chi connectivity index (χ0n) is 10.7. The summed E-state index contributed by atoms with van der Waals surface area (Å²) in [7, 11) is -2.01. The first-order chi connectivity index (χ1) is 8.35. The molecule has 0 saturated heterocycles. The number of rotatable bonds is 6. The molecule has 0 aliphatic rings. The molecule has 6 heteroatoms. The molecule has 1 rings (SSSR count). The molecule has 0 aliphatic carbocycles. The highest BCUT2D eigenvalue weighted by molar-refractivity contribution is 7.92. The summed E-state index contributed by atoms with van der Waals surface area (Å²) in [4.78, 5) is 11.2. The van der Waals surface area contributed by atoms with E-state index in [9.17, 15) is 13.2 Å². The Labute approximate surface area is 107 Å². The summed E-state index contributed by atoms with van der Waals surface area (Å²) >= 11 is 0. The molecule has 100 valence electrons. The van der Waals surface area contributed by atoms with Crippen molar-refractivity contribution in [2.24, 2.45) is 0 Å². The summed E-state index contributed by atoms with van der Waals surface area (Å²) in [5.74, 6) is -0.222. The first kappa shape index (κ1) is 14.7. The van der Waals surface area contributed by atoms with Gasteiger partial charge < -0.3 is 4.74 Å². The van der Waals surface area contributed by atoms with E-state index in [0.29, 0.717) is 11.3 Å². The molecule has 0 bridgehead atoms. The third-order valence-electron chi connectivity index (χ3n) is 2.47. The Morgan fingerprint density at radius 2 is 2.06 bits per heavy atom. The molecule has 0 heterocycles. The van der Waals surface area contributed by atoms with Crippen LogP contribution >= 0.6 is 0 Å². The number of ketones is 1. The number of nitrogens with one attached hydrogen (secondary N) is 1. The molecule has 0 spiro atoms. The number of sulfonamides is 1. The van der Waals surface area contributed by atoms with Crippen molar-refractivity contribution in [2.75, 3.05) is 24.2 Å². The number of carbonyl (C=O) groups is 1. The van der Waals surface area contributed by atoms with Crippen molar-refractivity contribution in [1.29, 1.82) is 0 Å². The Morgan fingerprint density at radius 3 is 2.61 bits per heavy atom. The lowest BCUT2D eigenvalue weighted by Gasteiger charge is -2.11. The van der Waals surface area contributed by atoms with Gasteiger partial charge in [-0.15, -0.1) is 0 Å². The Balaban J connectivity index is 2.96. The van der Waals surface area contributed by atoms with Crippen molar-refractivity contribution in [1.82, 2.24) is 0 Å². The lowest BCUT2D eigenvalue weighted by Crippen LogP contribution is -2.20. The summed E-state index contributed by atoms with van der Waals surface area (Å²) in [5, 5.41) is 0. The van der Waals surface area contributed by atoms with Crippen LogP contribution in [0, 0.1) is 6.92 Å². The number of hydrogen-bond acceptors (Lipinski definition) is 4. The topological polar surface area (TPSA) is 72.5 Å². The smallest absolute Gasteiger partial charge is 0.235 e. The summed E-state index contributed by atoms with van der Waals surface area (Å²) in [5.41, 5.74) is 1.67. The van der Waals surface area contributed by atoms with Crippen LogP contribution in [0.3, 0.4) is 0 Å². The van der Waals surface area contributed by atoms with Crippen molar-refractivity contribution < 1.29 is 17.9 Å². The van der Waals surface area contributed by atoms with Gasteiger partial charge in [-0.05, 0) is 25.5 Å². The maximum atomic E-state index is 11.7. The lowest BCUT2D eigenvalue weighted by atomic mass is 10.1. The molecule has 0 atom stereocenters. The van der Waals surface area contributed by atoms with Gasteiger partial charge in [0, 0.05) is 12.7 Å². The first-order valence-electron chi connectivity index (χ1n) is 5.47. The molecule has 0 aromatic heterocycles. The fourth-order valence-corrected chi connectivity index (χ4v) is 2.41. The van der Waals surface area contributed by atoms with E-state index in [4.69, 9.17) is 4.74 Å². The number of methoxy groups -OCH3 is 1. The van der Waals surface area contributed by atoms with E-state index in [1.807, 2.05) is 0 Å². The van der Waals surface area contributed by atoms with Crippen LogP contribution in [-0.2, 0) is 14.8 Å². The second-order valence-corrected chi connectivity index (χ2v) is 5.84. The number of ether oxygens (including phenoxy) is 1. The van der Waals surface area contributed by atoms with Crippen molar-refractivity contribution >= 4 is 21.5 Å². The molecule has 0 amide bonds. The van der Waals surface area contributed by atoms with E-state index in [2.05, 4.69) is 4.72 Å². The SMILES string of the molecule is COCCS(=O)(=O)Nc1cc(C(C)=O)ccc1C. The molecule has 0 unspecified atom stereocenters. The largest absolute Gasteiger partial charge is 0.384 e. The standard InChI is InChI=1S/C12H17NO4S/c1-9-4-5-11(10(2)14)8-12(9)13-18(15,16)7-6-17-3/h4-5,8,13H,6-7H2,1-3H3. The van der Waals surface area contributed by atoms with Gasteiger partial charge in [0.15, 0.2) is 5.78 Å². The number of aryl methyl sites for hydroxylation is 1. The zero-order chi connectivity index (χ0) is 13.8. The molecular weight excluding hydrogens is 254 g/mol. The third-order valence-corrected chi connectivity index (χ3v) is 3.70. The molecular formula is C12H17NO4S. The molecule has 5 nitrogen and oxygen atoms in total. The van der Waals surface area contributed by atoms with E-state index in [1.54, 1.807) is 25.1 Å². The number of carbonyl (C=O) groups excluding carboxylic acids is 1. The minimum Gasteiger partial charge on any atom is -0.384 e. The fraction of sp³-hybridized carbons (Fsp3) is 0.417. The molecule has 1 aromatic carbocycles. The van der Waals surface area contributed by atoms with Crippen LogP contribution in [-0.4, -0.2) is 33.7 Å². The molecule has 1 aromatic rings. The fourth-order valence-electron chi connectivity index (χ4n) is 1.36. The molecule has 1 N–H and O–H groups in total. The first-order valence-corrected chi connectivity index (χ1v) is 7.12. The summed E-state index contributed by atoms with van der Waals surface area (Å²) in [6, 6.07) is 4.93. The van der Waals surface area contributed by atoms with E-state index in [-0.39, 0.29) is 18.1 Å². The van der Waals surface area contributed by atoms with Crippen LogP contribution in [0.2, 0.25) is 0 Å². The second kappa shape index (κ2) is 5.97. The number of benzene rings is 1. The monoisotopic (exact) mass is 271 g/mol. The van der Waals surface area contributed by atoms with Crippen LogP contribution in [0.15, 0.2) is 18.2 Å². The average Bonchev–Trinajstić information content (AvgIpc) is 2.29. The van der Waals surface area contributed by atoms with Gasteiger partial charge in [0.25, 0.3) is 0 Å². The average molecular weight is 271 g/mol. The number of anilines is 1. The third kappa shape index (κ3) is 4.12. The van der Waals surface area contributed by atoms with Crippen molar-refractivity contribution in [3.63, 3.8) is 0 Å². The Kier molecular flexibility index (Phi) is 4.86. The second-order valence-electron chi connectivity index (χ2n) is 4.00. The summed E-state index contributed by atoms with van der Waals surface area (Å²) < 4.78 is 30.6. The van der Waals surface area contributed by atoms with Gasteiger partial charge >= 0.3 is 0 Å². The van der Waals surface area contributed by atoms with E-state index >= 15 is 0 Å². The van der Waals surface area contributed by atoms with Crippen LogP contribution in [0.25, 0.3) is 0 Å². The van der Waals surface area contributed by atoms with E-state index in [0.717, 1.165) is 5.56 Å². The molecule has 0 aliphatic heterocycles. The normalized spacial score (nSPS) is 11.3. The lowest BCUT2D eigenvalue weighted by molar-refractivity contribution is 0.101. The van der Waals surface area contributed by atoms with Crippen molar-refractivity contribution in [3.8, 4) is 0 Å². The molecule has 0 saturated carbocycles. The van der Waals surface area contributed by atoms with Crippen LogP contribution in [0.4, 0.5) is 5.69 Å². The Hall–Kier alpha value is -1.40. The van der Waals surface area contributed by atoms with Gasteiger partial charge in [-0.25, -0.2) is 8.42 Å². The van der Waals surface area contributed by atoms with Gasteiger partial charge in [-0.3, -0.25) is 9.52 Å². The molecule has 18 heavy (non-hydrogen) atoms. The molecule has 0 radical (unpaired) electrons. The van der Waals surface area contributed by atoms with Crippen LogP contribution < -0.4 is 4.72 Å². The number of Topliss-reactive ketones (excluding diaryl/α,β-unsaturated/α-hetero) is 1. The Morgan fingerprint density at radius 1 is 1.39 bits per heavy atom. The van der Waals surface area contributed by atoms with Gasteiger partial charge in [0.2, 0.25) is 10.0 Å². The maximum absolute atomic E-state index is 11.7. The van der Waals surface area contributed by atoms with Crippen molar-refractivity contribution in [3.05, 3.63) is 29.3 Å². The highest BCUT2D eigenvalue weighted by Gasteiger charge is 2.12. The number of hydrogen-bond donors (Lipinski definition) is 1. The quantitative estimate of drug-likeness (QED) is 0.797. The predicted molar refractivity (Wildman–Crippen MR) is 70.5 cm³/mol. The van der Waals surface area contributed by atoms with E-state index < -0.39 is 10.0 Å². The molecule has 0 fully saturated rings. The van der Waals surface area contributed by atoms with E-state index in [1.165, 1.54) is 14.0 Å². The summed E-state index contributed by atoms with van der Waals surface area (Å²) in [6.07, 6.45) is 0. The highest BCUT2D eigenvalue weighted by Crippen LogP contribution is 2.18. The minimum atomic E-state index is -3.45. The van der Waals surface area contributed by atoms with Crippen LogP contribution in [0.5, 0.6) is 0 Å². The van der Waals surface area contributed by atoms with Gasteiger partial charge in [-0.1, -0.05) is 12.1 Å². The van der Waals surface area contributed by atoms with Gasteiger partial charge in [0.1, 0.15) is 0 Å². The highest BCUT2D eigenvalue weighted by atomic mass is 32.2. The maximum Gasteiger partial charge on any atom is 0.235 e. The minimum absolute atomic E-state index is 0.104. The Bertz CT molecular complexity index is 537. The predicted octanol–water partition coefficient (Wildman–Crippen LogP) is 1.59. The van der Waals surface area contributed by atoms with Gasteiger partial charge in [0.05, 0.1) is 18.0 Å². The van der Waals surface area contributed by atoms with Crippen LogP contribution in [0.1, 0.15) is 22.8 Å². The zero-order valence-corrected chi connectivity index (χ0v) is 11.5.